The first-order chi connectivity index (χ1) is 6.10. The van der Waals surface area contributed by atoms with E-state index in [4.69, 9.17) is 0 Å². The van der Waals surface area contributed by atoms with Crippen LogP contribution in [0.1, 0.15) is 13.3 Å². The molecule has 0 fully saturated rings. The van der Waals surface area contributed by atoms with Gasteiger partial charge in [0, 0.05) is 24.8 Å². The lowest BCUT2D eigenvalue weighted by Gasteiger charge is -2.18. The van der Waals surface area contributed by atoms with Gasteiger partial charge in [0.1, 0.15) is 0 Å². The molecule has 1 N–H and O–H groups in total. The van der Waals surface area contributed by atoms with Crippen molar-refractivity contribution in [2.75, 3.05) is 33.4 Å². The van der Waals surface area contributed by atoms with Crippen LogP contribution in [0.25, 0.3) is 0 Å². The quantitative estimate of drug-likeness (QED) is 0.695. The van der Waals surface area contributed by atoms with Gasteiger partial charge in [-0.2, -0.15) is 11.8 Å². The van der Waals surface area contributed by atoms with Crippen LogP contribution in [0.4, 0.5) is 0 Å². The van der Waals surface area contributed by atoms with E-state index in [0.29, 0.717) is 11.7 Å². The third kappa shape index (κ3) is 6.90. The van der Waals surface area contributed by atoms with Crippen LogP contribution in [0.2, 0.25) is 0 Å². The largest absolute Gasteiger partial charge is 0.356 e. The molecule has 1 atom stereocenters. The van der Waals surface area contributed by atoms with Gasteiger partial charge in [-0.15, -0.1) is 0 Å². The summed E-state index contributed by atoms with van der Waals surface area (Å²) in [5.41, 5.74) is 0. The van der Waals surface area contributed by atoms with Crippen LogP contribution in [0.3, 0.4) is 0 Å². The molecule has 0 aliphatic rings. The maximum Gasteiger partial charge on any atom is 0.221 e. The van der Waals surface area contributed by atoms with E-state index < -0.39 is 0 Å². The second-order valence-corrected chi connectivity index (χ2v) is 4.42. The molecular formula is C9H20N2OS. The average molecular weight is 204 g/mol. The highest BCUT2D eigenvalue weighted by molar-refractivity contribution is 7.99. The summed E-state index contributed by atoms with van der Waals surface area (Å²) < 4.78 is 0. The van der Waals surface area contributed by atoms with E-state index in [1.165, 1.54) is 0 Å². The molecule has 3 nitrogen and oxygen atoms in total. The molecule has 1 amide bonds. The molecule has 0 aliphatic carbocycles. The van der Waals surface area contributed by atoms with Gasteiger partial charge in [-0.05, 0) is 27.3 Å². The van der Waals surface area contributed by atoms with E-state index in [0.717, 1.165) is 13.1 Å². The van der Waals surface area contributed by atoms with Crippen molar-refractivity contribution in [3.63, 3.8) is 0 Å². The van der Waals surface area contributed by atoms with Gasteiger partial charge in [0.15, 0.2) is 0 Å². The Labute approximate surface area is 85.3 Å². The molecule has 0 aliphatic heterocycles. The van der Waals surface area contributed by atoms with Gasteiger partial charge in [-0.25, -0.2) is 0 Å². The van der Waals surface area contributed by atoms with Gasteiger partial charge in [-0.3, -0.25) is 4.79 Å². The summed E-state index contributed by atoms with van der Waals surface area (Å²) in [6.45, 7) is 3.62. The summed E-state index contributed by atoms with van der Waals surface area (Å²) in [6, 6.07) is 0. The van der Waals surface area contributed by atoms with Crippen LogP contribution >= 0.6 is 11.8 Å². The van der Waals surface area contributed by atoms with Gasteiger partial charge in [-0.1, -0.05) is 0 Å². The van der Waals surface area contributed by atoms with Gasteiger partial charge in [0.05, 0.1) is 0 Å². The van der Waals surface area contributed by atoms with Crippen molar-refractivity contribution in [1.29, 1.82) is 0 Å². The molecule has 0 radical (unpaired) electrons. The summed E-state index contributed by atoms with van der Waals surface area (Å²) in [7, 11) is 4.06. The number of hydrogen-bond donors (Lipinski definition) is 1. The number of amides is 1. The summed E-state index contributed by atoms with van der Waals surface area (Å²) in [6.07, 6.45) is 2.67. The van der Waals surface area contributed by atoms with E-state index in [1.54, 1.807) is 11.8 Å². The summed E-state index contributed by atoms with van der Waals surface area (Å²) in [5.74, 6) is 0.156. The van der Waals surface area contributed by atoms with E-state index in [-0.39, 0.29) is 5.91 Å². The standard InChI is InChI=1S/C9H20N2OS/c1-5-10-9(12)6-8(13-4)7-11(2)3/h8H,5-7H2,1-4H3,(H,10,12). The van der Waals surface area contributed by atoms with Crippen LogP contribution in [-0.2, 0) is 4.79 Å². The zero-order valence-electron chi connectivity index (χ0n) is 8.96. The topological polar surface area (TPSA) is 32.3 Å². The highest BCUT2D eigenvalue weighted by Gasteiger charge is 2.12. The number of nitrogens with one attached hydrogen (secondary N) is 1. The molecule has 4 heteroatoms. The van der Waals surface area contributed by atoms with E-state index in [1.807, 2.05) is 27.3 Å². The minimum absolute atomic E-state index is 0.156. The second-order valence-electron chi connectivity index (χ2n) is 3.28. The van der Waals surface area contributed by atoms with Crippen molar-refractivity contribution in [3.05, 3.63) is 0 Å². The molecular weight excluding hydrogens is 184 g/mol. The van der Waals surface area contributed by atoms with Crippen LogP contribution in [0.5, 0.6) is 0 Å². The van der Waals surface area contributed by atoms with Crippen molar-refractivity contribution >= 4 is 17.7 Å². The Morgan fingerprint density at radius 2 is 2.15 bits per heavy atom. The first-order valence-electron chi connectivity index (χ1n) is 4.54. The molecule has 0 spiro atoms. The van der Waals surface area contributed by atoms with Crippen molar-refractivity contribution in [2.45, 2.75) is 18.6 Å². The monoisotopic (exact) mass is 204 g/mol. The maximum absolute atomic E-state index is 11.3. The minimum atomic E-state index is 0.156. The Morgan fingerprint density at radius 3 is 2.54 bits per heavy atom. The first kappa shape index (κ1) is 12.8. The molecule has 0 bridgehead atoms. The molecule has 1 unspecified atom stereocenters. The molecule has 0 heterocycles. The number of nitrogens with zero attached hydrogens (tertiary/aromatic N) is 1. The molecule has 13 heavy (non-hydrogen) atoms. The van der Waals surface area contributed by atoms with Gasteiger partial charge >= 0.3 is 0 Å². The Hall–Kier alpha value is -0.220. The lowest BCUT2D eigenvalue weighted by Crippen LogP contribution is -2.31. The zero-order chi connectivity index (χ0) is 10.3. The van der Waals surface area contributed by atoms with Crippen molar-refractivity contribution < 1.29 is 4.79 Å². The highest BCUT2D eigenvalue weighted by Crippen LogP contribution is 2.11. The lowest BCUT2D eigenvalue weighted by atomic mass is 10.3. The zero-order valence-corrected chi connectivity index (χ0v) is 9.78. The van der Waals surface area contributed by atoms with Gasteiger partial charge in [0.25, 0.3) is 0 Å². The van der Waals surface area contributed by atoms with Crippen LogP contribution in [0, 0.1) is 0 Å². The summed E-state index contributed by atoms with van der Waals surface area (Å²) in [4.78, 5) is 13.4. The fourth-order valence-corrected chi connectivity index (χ4v) is 1.87. The Balaban J connectivity index is 3.76. The smallest absolute Gasteiger partial charge is 0.221 e. The summed E-state index contributed by atoms with van der Waals surface area (Å²) in [5, 5.41) is 3.22. The van der Waals surface area contributed by atoms with Crippen molar-refractivity contribution in [1.82, 2.24) is 10.2 Å². The van der Waals surface area contributed by atoms with Crippen LogP contribution < -0.4 is 5.32 Å². The minimum Gasteiger partial charge on any atom is -0.356 e. The van der Waals surface area contributed by atoms with E-state index in [2.05, 4.69) is 10.2 Å². The molecule has 0 aromatic rings. The van der Waals surface area contributed by atoms with Crippen LogP contribution in [-0.4, -0.2) is 49.5 Å². The van der Waals surface area contributed by atoms with E-state index >= 15 is 0 Å². The van der Waals surface area contributed by atoms with Crippen LogP contribution in [0.15, 0.2) is 0 Å². The number of carbonyl (C=O) groups is 1. The fraction of sp³-hybridized carbons (Fsp3) is 0.889. The lowest BCUT2D eigenvalue weighted by molar-refractivity contribution is -0.121. The third-order valence-electron chi connectivity index (χ3n) is 1.69. The van der Waals surface area contributed by atoms with Gasteiger partial charge < -0.3 is 10.2 Å². The second kappa shape index (κ2) is 7.21. The normalized spacial score (nSPS) is 13.0. The molecule has 0 aromatic heterocycles. The molecule has 0 aromatic carbocycles. The molecule has 0 saturated heterocycles. The predicted molar refractivity (Wildman–Crippen MR) is 59.2 cm³/mol. The van der Waals surface area contributed by atoms with E-state index in [9.17, 15) is 4.79 Å². The van der Waals surface area contributed by atoms with Crippen molar-refractivity contribution in [3.8, 4) is 0 Å². The predicted octanol–water partition coefficient (Wildman–Crippen LogP) is 0.806. The third-order valence-corrected chi connectivity index (χ3v) is 2.67. The Bertz CT molecular complexity index is 151. The SMILES string of the molecule is CCNC(=O)CC(CN(C)C)SC. The highest BCUT2D eigenvalue weighted by atomic mass is 32.2. The molecule has 0 rings (SSSR count). The maximum atomic E-state index is 11.3. The number of hydrogen-bond acceptors (Lipinski definition) is 3. The molecule has 0 saturated carbocycles. The van der Waals surface area contributed by atoms with Crippen molar-refractivity contribution in [2.24, 2.45) is 0 Å². The number of carbonyl (C=O) groups excluding carboxylic acids is 1. The number of rotatable bonds is 6. The molecule has 78 valence electrons. The Kier molecular flexibility index (Phi) is 7.09. The van der Waals surface area contributed by atoms with Gasteiger partial charge in [0.2, 0.25) is 5.91 Å². The first-order valence-corrected chi connectivity index (χ1v) is 5.83. The Morgan fingerprint density at radius 1 is 1.54 bits per heavy atom. The number of thioether (sulfide) groups is 1. The average Bonchev–Trinajstić information content (AvgIpc) is 2.02. The fourth-order valence-electron chi connectivity index (χ4n) is 1.11. The summed E-state index contributed by atoms with van der Waals surface area (Å²) >= 11 is 1.75.